The highest BCUT2D eigenvalue weighted by atomic mass is 35.5. The minimum absolute atomic E-state index is 0.289. The first-order chi connectivity index (χ1) is 11.9. The van der Waals surface area contributed by atoms with E-state index < -0.39 is 0 Å². The maximum atomic E-state index is 6.29. The molecule has 0 amide bonds. The third-order valence-corrected chi connectivity index (χ3v) is 4.79. The molecule has 0 spiro atoms. The van der Waals surface area contributed by atoms with Gasteiger partial charge in [0.05, 0.1) is 22.9 Å². The third kappa shape index (κ3) is 4.67. The number of aryl methyl sites for hydroxylation is 1. The monoisotopic (exact) mass is 382 g/mol. The lowest BCUT2D eigenvalue weighted by molar-refractivity contribution is -0.0667. The second-order valence-corrected chi connectivity index (χ2v) is 7.47. The zero-order chi connectivity index (χ0) is 18.0. The Hall–Kier alpha value is -1.27. The fourth-order valence-electron chi connectivity index (χ4n) is 3.27. The summed E-state index contributed by atoms with van der Waals surface area (Å²) < 4.78 is 7.60. The third-order valence-electron chi connectivity index (χ3n) is 4.25. The maximum absolute atomic E-state index is 6.29. The average Bonchev–Trinajstić information content (AvgIpc) is 2.87. The molecular formula is C18H24Cl2N4O. The summed E-state index contributed by atoms with van der Waals surface area (Å²) in [4.78, 5) is 2.42. The minimum atomic E-state index is 0.289. The van der Waals surface area contributed by atoms with E-state index in [1.807, 2.05) is 29.8 Å². The van der Waals surface area contributed by atoms with Crippen molar-refractivity contribution in [2.24, 2.45) is 0 Å². The van der Waals surface area contributed by atoms with Gasteiger partial charge in [0.15, 0.2) is 0 Å². The van der Waals surface area contributed by atoms with E-state index in [1.165, 1.54) is 0 Å². The second-order valence-electron chi connectivity index (χ2n) is 6.62. The van der Waals surface area contributed by atoms with Crippen molar-refractivity contribution >= 4 is 29.0 Å². The number of ether oxygens (including phenoxy) is 1. The van der Waals surface area contributed by atoms with Crippen LogP contribution >= 0.6 is 23.2 Å². The fourth-order valence-corrected chi connectivity index (χ4v) is 3.76. The van der Waals surface area contributed by atoms with Crippen molar-refractivity contribution in [2.45, 2.75) is 33.0 Å². The van der Waals surface area contributed by atoms with Gasteiger partial charge < -0.3 is 10.1 Å². The molecule has 2 atom stereocenters. The van der Waals surface area contributed by atoms with Gasteiger partial charge in [0.2, 0.25) is 0 Å². The Bertz CT molecular complexity index is 724. The predicted octanol–water partition coefficient (Wildman–Crippen LogP) is 4.01. The lowest BCUT2D eigenvalue weighted by Gasteiger charge is -2.35. The summed E-state index contributed by atoms with van der Waals surface area (Å²) in [6.07, 6.45) is 0.578. The van der Waals surface area contributed by atoms with Crippen molar-refractivity contribution in [1.29, 1.82) is 0 Å². The van der Waals surface area contributed by atoms with E-state index in [2.05, 4.69) is 29.2 Å². The second kappa shape index (κ2) is 7.96. The number of aromatic nitrogens is 2. The molecule has 2 aromatic rings. The molecule has 0 radical (unpaired) electrons. The first-order valence-corrected chi connectivity index (χ1v) is 9.31. The van der Waals surface area contributed by atoms with Gasteiger partial charge in [0, 0.05) is 43.0 Å². The van der Waals surface area contributed by atoms with Crippen LogP contribution in [0.4, 0.5) is 5.82 Å². The smallest absolute Gasteiger partial charge is 0.148 e. The molecule has 5 nitrogen and oxygen atoms in total. The molecule has 136 valence electrons. The lowest BCUT2D eigenvalue weighted by atomic mass is 10.2. The van der Waals surface area contributed by atoms with Crippen LogP contribution in [0.3, 0.4) is 0 Å². The van der Waals surface area contributed by atoms with Gasteiger partial charge >= 0.3 is 0 Å². The van der Waals surface area contributed by atoms with Crippen molar-refractivity contribution in [3.63, 3.8) is 0 Å². The molecule has 2 unspecified atom stereocenters. The van der Waals surface area contributed by atoms with Crippen molar-refractivity contribution in [1.82, 2.24) is 14.7 Å². The largest absolute Gasteiger partial charge is 0.373 e. The van der Waals surface area contributed by atoms with Gasteiger partial charge in [0.1, 0.15) is 5.82 Å². The molecule has 0 aliphatic carbocycles. The highest BCUT2D eigenvalue weighted by molar-refractivity contribution is 6.35. The topological polar surface area (TPSA) is 42.3 Å². The molecule has 25 heavy (non-hydrogen) atoms. The van der Waals surface area contributed by atoms with E-state index in [0.29, 0.717) is 10.0 Å². The van der Waals surface area contributed by atoms with Crippen molar-refractivity contribution in [3.05, 3.63) is 40.0 Å². The average molecular weight is 383 g/mol. The van der Waals surface area contributed by atoms with Gasteiger partial charge in [-0.3, -0.25) is 4.90 Å². The van der Waals surface area contributed by atoms with Crippen molar-refractivity contribution in [2.75, 3.05) is 31.5 Å². The number of benzene rings is 1. The van der Waals surface area contributed by atoms with E-state index in [0.717, 1.165) is 43.4 Å². The van der Waals surface area contributed by atoms with E-state index >= 15 is 0 Å². The molecule has 1 fully saturated rings. The standard InChI is InChI=1S/C18H24Cl2N4O/c1-12-8-18(21-6-7-23-10-13(2)25-14(3)11-23)22-24(12)17-5-4-15(19)9-16(17)20/h4-5,8-9,13-14H,6-7,10-11H2,1-3H3,(H,21,22). The number of anilines is 1. The van der Waals surface area contributed by atoms with Gasteiger partial charge in [-0.25, -0.2) is 4.68 Å². The normalized spacial score (nSPS) is 21.5. The Morgan fingerprint density at radius 2 is 1.92 bits per heavy atom. The highest BCUT2D eigenvalue weighted by Crippen LogP contribution is 2.26. The summed E-state index contributed by atoms with van der Waals surface area (Å²) >= 11 is 12.3. The minimum Gasteiger partial charge on any atom is -0.373 e. The molecule has 1 aliphatic rings. The number of rotatable bonds is 5. The number of halogens is 2. The number of nitrogens with zero attached hydrogens (tertiary/aromatic N) is 3. The van der Waals surface area contributed by atoms with Gasteiger partial charge in [0.25, 0.3) is 0 Å². The van der Waals surface area contributed by atoms with E-state index in [4.69, 9.17) is 27.9 Å². The molecule has 1 aromatic heterocycles. The van der Waals surface area contributed by atoms with Crippen LogP contribution in [-0.4, -0.2) is 53.1 Å². The van der Waals surface area contributed by atoms with Crippen LogP contribution in [0, 0.1) is 6.92 Å². The van der Waals surface area contributed by atoms with E-state index in [1.54, 1.807) is 6.07 Å². The van der Waals surface area contributed by atoms with Crippen LogP contribution in [0.1, 0.15) is 19.5 Å². The molecule has 1 aliphatic heterocycles. The van der Waals surface area contributed by atoms with E-state index in [-0.39, 0.29) is 12.2 Å². The van der Waals surface area contributed by atoms with Crippen LogP contribution < -0.4 is 5.32 Å². The van der Waals surface area contributed by atoms with Crippen LogP contribution in [0.25, 0.3) is 5.69 Å². The molecule has 1 N–H and O–H groups in total. The quantitative estimate of drug-likeness (QED) is 0.847. The predicted molar refractivity (Wildman–Crippen MR) is 103 cm³/mol. The first kappa shape index (κ1) is 18.5. The summed E-state index contributed by atoms with van der Waals surface area (Å²) in [6.45, 7) is 10.00. The Morgan fingerprint density at radius 3 is 2.60 bits per heavy atom. The number of hydrogen-bond acceptors (Lipinski definition) is 4. The molecule has 1 aromatic carbocycles. The number of morpholine rings is 1. The van der Waals surface area contributed by atoms with Gasteiger partial charge in [-0.2, -0.15) is 5.10 Å². The molecule has 7 heteroatoms. The van der Waals surface area contributed by atoms with Crippen LogP contribution in [0.2, 0.25) is 10.0 Å². The molecular weight excluding hydrogens is 359 g/mol. The van der Waals surface area contributed by atoms with E-state index in [9.17, 15) is 0 Å². The summed E-state index contributed by atoms with van der Waals surface area (Å²) in [5.74, 6) is 0.845. The van der Waals surface area contributed by atoms with Gasteiger partial charge in [-0.05, 0) is 39.0 Å². The molecule has 0 bridgehead atoms. The SMILES string of the molecule is Cc1cc(NCCN2CC(C)OC(C)C2)nn1-c1ccc(Cl)cc1Cl. The summed E-state index contributed by atoms with van der Waals surface area (Å²) in [6, 6.07) is 7.45. The number of hydrogen-bond donors (Lipinski definition) is 1. The maximum Gasteiger partial charge on any atom is 0.148 e. The zero-order valence-electron chi connectivity index (χ0n) is 14.8. The summed E-state index contributed by atoms with van der Waals surface area (Å²) in [7, 11) is 0. The van der Waals surface area contributed by atoms with Crippen LogP contribution in [0.5, 0.6) is 0 Å². The van der Waals surface area contributed by atoms with Crippen LogP contribution in [-0.2, 0) is 4.74 Å². The molecule has 1 saturated heterocycles. The van der Waals surface area contributed by atoms with Crippen LogP contribution in [0.15, 0.2) is 24.3 Å². The summed E-state index contributed by atoms with van der Waals surface area (Å²) in [5, 5.41) is 9.22. The Balaban J connectivity index is 1.61. The van der Waals surface area contributed by atoms with Crippen molar-refractivity contribution in [3.8, 4) is 5.69 Å². The van der Waals surface area contributed by atoms with Gasteiger partial charge in [-0.15, -0.1) is 0 Å². The molecule has 2 heterocycles. The Kier molecular flexibility index (Phi) is 5.89. The summed E-state index contributed by atoms with van der Waals surface area (Å²) in [5.41, 5.74) is 1.84. The Labute approximate surface area is 158 Å². The number of nitrogens with one attached hydrogen (secondary N) is 1. The lowest BCUT2D eigenvalue weighted by Crippen LogP contribution is -2.46. The first-order valence-electron chi connectivity index (χ1n) is 8.56. The highest BCUT2D eigenvalue weighted by Gasteiger charge is 2.21. The molecule has 3 rings (SSSR count). The molecule has 0 saturated carbocycles. The fraction of sp³-hybridized carbons (Fsp3) is 0.500. The van der Waals surface area contributed by atoms with Crippen molar-refractivity contribution < 1.29 is 4.74 Å². The zero-order valence-corrected chi connectivity index (χ0v) is 16.3. The Morgan fingerprint density at radius 1 is 1.20 bits per heavy atom. The van der Waals surface area contributed by atoms with Gasteiger partial charge in [-0.1, -0.05) is 23.2 Å².